The van der Waals surface area contributed by atoms with Crippen LogP contribution >= 0.6 is 0 Å². The molecule has 1 rings (SSSR count). The van der Waals surface area contributed by atoms with Crippen LogP contribution in [0.1, 0.15) is 52.4 Å². The fourth-order valence-corrected chi connectivity index (χ4v) is 2.60. The maximum atomic E-state index is 11.6. The first-order valence-electron chi connectivity index (χ1n) is 7.28. The van der Waals surface area contributed by atoms with Crippen molar-refractivity contribution in [2.75, 3.05) is 6.54 Å². The number of urea groups is 1. The smallest absolute Gasteiger partial charge is 0.326 e. The van der Waals surface area contributed by atoms with Gasteiger partial charge in [0, 0.05) is 6.54 Å². The van der Waals surface area contributed by atoms with E-state index in [2.05, 4.69) is 10.6 Å². The topological polar surface area (TPSA) is 78.4 Å². The third kappa shape index (κ3) is 5.94. The number of amides is 2. The number of carbonyl (C=O) groups is 2. The van der Waals surface area contributed by atoms with Crippen molar-refractivity contribution in [2.24, 2.45) is 11.8 Å². The third-order valence-electron chi connectivity index (χ3n) is 3.77. The molecule has 2 amide bonds. The van der Waals surface area contributed by atoms with Gasteiger partial charge in [0.2, 0.25) is 0 Å². The van der Waals surface area contributed by atoms with Gasteiger partial charge >= 0.3 is 12.0 Å². The van der Waals surface area contributed by atoms with E-state index < -0.39 is 12.0 Å². The molecule has 0 unspecified atom stereocenters. The number of carboxylic acid groups (broad SMARTS) is 1. The van der Waals surface area contributed by atoms with E-state index in [1.807, 2.05) is 0 Å². The highest BCUT2D eigenvalue weighted by Crippen LogP contribution is 2.28. The molecule has 0 saturated heterocycles. The van der Waals surface area contributed by atoms with Gasteiger partial charge in [-0.2, -0.15) is 0 Å². The molecular weight excluding hydrogens is 244 g/mol. The molecule has 5 heteroatoms. The second-order valence-corrected chi connectivity index (χ2v) is 5.75. The van der Waals surface area contributed by atoms with Crippen LogP contribution in [0.4, 0.5) is 4.79 Å². The van der Waals surface area contributed by atoms with E-state index in [0.717, 1.165) is 18.8 Å². The normalized spacial score (nSPS) is 17.4. The van der Waals surface area contributed by atoms with Gasteiger partial charge in [-0.05, 0) is 24.7 Å². The van der Waals surface area contributed by atoms with Gasteiger partial charge in [-0.1, -0.05) is 39.5 Å². The lowest BCUT2D eigenvalue weighted by Crippen LogP contribution is -2.48. The molecule has 19 heavy (non-hydrogen) atoms. The Hall–Kier alpha value is -1.26. The van der Waals surface area contributed by atoms with Crippen molar-refractivity contribution in [2.45, 2.75) is 58.4 Å². The summed E-state index contributed by atoms with van der Waals surface area (Å²) in [5.41, 5.74) is 0. The molecule has 0 spiro atoms. The molecule has 1 aliphatic rings. The fraction of sp³-hybridized carbons (Fsp3) is 0.857. The predicted molar refractivity (Wildman–Crippen MR) is 74.0 cm³/mol. The first-order valence-corrected chi connectivity index (χ1v) is 7.28. The molecular formula is C14H26N2O3. The number of hydrogen-bond donors (Lipinski definition) is 3. The minimum Gasteiger partial charge on any atom is -0.480 e. The van der Waals surface area contributed by atoms with Crippen LogP contribution in [0.3, 0.4) is 0 Å². The summed E-state index contributed by atoms with van der Waals surface area (Å²) in [5.74, 6) is -0.287. The average Bonchev–Trinajstić information content (AvgIpc) is 2.84. The standard InChI is InChI=1S/C14H26N2O3/c1-10(2)12(13(17)18)16-14(19)15-9-5-8-11-6-3-4-7-11/h10-12H,3-9H2,1-2H3,(H,17,18)(H2,15,16,19)/t12-/m1/s1. The van der Waals surface area contributed by atoms with Crippen LogP contribution in [0.25, 0.3) is 0 Å². The number of carboxylic acids is 1. The van der Waals surface area contributed by atoms with Crippen molar-refractivity contribution in [1.82, 2.24) is 10.6 Å². The van der Waals surface area contributed by atoms with Gasteiger partial charge in [0.15, 0.2) is 0 Å². The summed E-state index contributed by atoms with van der Waals surface area (Å²) in [4.78, 5) is 22.5. The summed E-state index contributed by atoms with van der Waals surface area (Å²) in [6, 6.07) is -1.21. The first kappa shape index (κ1) is 15.8. The number of nitrogens with one attached hydrogen (secondary N) is 2. The monoisotopic (exact) mass is 270 g/mol. The van der Waals surface area contributed by atoms with Gasteiger partial charge in [0.05, 0.1) is 0 Å². The van der Waals surface area contributed by atoms with Crippen LogP contribution in [0.5, 0.6) is 0 Å². The summed E-state index contributed by atoms with van der Waals surface area (Å²) in [5, 5.41) is 14.2. The molecule has 0 radical (unpaired) electrons. The molecule has 1 fully saturated rings. The highest BCUT2D eigenvalue weighted by atomic mass is 16.4. The van der Waals surface area contributed by atoms with Crippen LogP contribution < -0.4 is 10.6 Å². The Balaban J connectivity index is 2.14. The Bertz CT molecular complexity index is 299. The first-order chi connectivity index (χ1) is 9.00. The summed E-state index contributed by atoms with van der Waals surface area (Å²) in [6.45, 7) is 4.17. The Kier molecular flexibility index (Phi) is 6.67. The Morgan fingerprint density at radius 2 is 1.89 bits per heavy atom. The Morgan fingerprint density at radius 3 is 2.42 bits per heavy atom. The molecule has 0 heterocycles. The predicted octanol–water partition coefficient (Wildman–Crippen LogP) is 2.37. The van der Waals surface area contributed by atoms with E-state index in [1.165, 1.54) is 25.7 Å². The molecule has 0 aromatic rings. The molecule has 1 saturated carbocycles. The minimum absolute atomic E-state index is 0.123. The Morgan fingerprint density at radius 1 is 1.26 bits per heavy atom. The van der Waals surface area contributed by atoms with E-state index in [1.54, 1.807) is 13.8 Å². The molecule has 5 nitrogen and oxygen atoms in total. The number of aliphatic carboxylic acids is 1. The second kappa shape index (κ2) is 8.02. The van der Waals surface area contributed by atoms with Crippen molar-refractivity contribution in [3.05, 3.63) is 0 Å². The largest absolute Gasteiger partial charge is 0.480 e. The number of carbonyl (C=O) groups excluding carboxylic acids is 1. The van der Waals surface area contributed by atoms with Crippen molar-refractivity contribution in [3.63, 3.8) is 0 Å². The lowest BCUT2D eigenvalue weighted by molar-refractivity contribution is -0.140. The molecule has 1 atom stereocenters. The van der Waals surface area contributed by atoms with Crippen LogP contribution in [-0.2, 0) is 4.79 Å². The molecule has 110 valence electrons. The van der Waals surface area contributed by atoms with Crippen LogP contribution in [0.15, 0.2) is 0 Å². The van der Waals surface area contributed by atoms with Gasteiger partial charge in [-0.3, -0.25) is 0 Å². The molecule has 0 aromatic carbocycles. The van der Waals surface area contributed by atoms with Gasteiger partial charge in [-0.25, -0.2) is 9.59 Å². The highest BCUT2D eigenvalue weighted by molar-refractivity contribution is 5.82. The average molecular weight is 270 g/mol. The molecule has 0 aliphatic heterocycles. The lowest BCUT2D eigenvalue weighted by Gasteiger charge is -2.18. The highest BCUT2D eigenvalue weighted by Gasteiger charge is 2.23. The van der Waals surface area contributed by atoms with Crippen molar-refractivity contribution in [3.8, 4) is 0 Å². The van der Waals surface area contributed by atoms with Crippen molar-refractivity contribution in [1.29, 1.82) is 0 Å². The summed E-state index contributed by atoms with van der Waals surface area (Å²) in [7, 11) is 0. The maximum absolute atomic E-state index is 11.6. The second-order valence-electron chi connectivity index (χ2n) is 5.75. The van der Waals surface area contributed by atoms with E-state index in [4.69, 9.17) is 5.11 Å². The van der Waals surface area contributed by atoms with E-state index in [-0.39, 0.29) is 11.9 Å². The zero-order valence-electron chi connectivity index (χ0n) is 11.9. The minimum atomic E-state index is -0.990. The van der Waals surface area contributed by atoms with Crippen molar-refractivity contribution >= 4 is 12.0 Å². The molecule has 3 N–H and O–H groups in total. The lowest BCUT2D eigenvalue weighted by atomic mass is 10.0. The number of rotatable bonds is 7. The zero-order valence-corrected chi connectivity index (χ0v) is 11.9. The zero-order chi connectivity index (χ0) is 14.3. The van der Waals surface area contributed by atoms with E-state index >= 15 is 0 Å². The summed E-state index contributed by atoms with van der Waals surface area (Å²) < 4.78 is 0. The van der Waals surface area contributed by atoms with E-state index in [0.29, 0.717) is 6.54 Å². The molecule has 1 aliphatic carbocycles. The summed E-state index contributed by atoms with van der Waals surface area (Å²) >= 11 is 0. The fourth-order valence-electron chi connectivity index (χ4n) is 2.60. The van der Waals surface area contributed by atoms with Gasteiger partial charge < -0.3 is 15.7 Å². The maximum Gasteiger partial charge on any atom is 0.326 e. The molecule has 0 aromatic heterocycles. The van der Waals surface area contributed by atoms with Gasteiger partial charge in [0.1, 0.15) is 6.04 Å². The van der Waals surface area contributed by atoms with Gasteiger partial charge in [-0.15, -0.1) is 0 Å². The van der Waals surface area contributed by atoms with Gasteiger partial charge in [0.25, 0.3) is 0 Å². The van der Waals surface area contributed by atoms with Crippen LogP contribution in [0.2, 0.25) is 0 Å². The molecule has 0 bridgehead atoms. The van der Waals surface area contributed by atoms with Crippen LogP contribution in [-0.4, -0.2) is 29.7 Å². The third-order valence-corrected chi connectivity index (χ3v) is 3.77. The number of hydrogen-bond acceptors (Lipinski definition) is 2. The van der Waals surface area contributed by atoms with Crippen LogP contribution in [0, 0.1) is 11.8 Å². The Labute approximate surface area is 115 Å². The SMILES string of the molecule is CC(C)[C@@H](NC(=O)NCCCC1CCCC1)C(=O)O. The van der Waals surface area contributed by atoms with Crippen molar-refractivity contribution < 1.29 is 14.7 Å². The quantitative estimate of drug-likeness (QED) is 0.621. The summed E-state index contributed by atoms with van der Waals surface area (Å²) in [6.07, 6.45) is 7.45. The van der Waals surface area contributed by atoms with E-state index in [9.17, 15) is 9.59 Å².